The predicted molar refractivity (Wildman–Crippen MR) is 77.2 cm³/mol. The summed E-state index contributed by atoms with van der Waals surface area (Å²) in [7, 11) is 0. The summed E-state index contributed by atoms with van der Waals surface area (Å²) in [5.74, 6) is -0.0101. The van der Waals surface area contributed by atoms with Crippen molar-refractivity contribution in [2.45, 2.75) is 26.3 Å². The zero-order valence-corrected chi connectivity index (χ0v) is 11.9. The van der Waals surface area contributed by atoms with E-state index in [1.165, 1.54) is 0 Å². The van der Waals surface area contributed by atoms with E-state index in [1.807, 2.05) is 6.07 Å². The minimum Gasteiger partial charge on any atom is -0.396 e. The lowest BCUT2D eigenvalue weighted by molar-refractivity contribution is 0.100. The number of primary amides is 1. The molecule has 0 aliphatic rings. The monoisotopic (exact) mass is 284 g/mol. The second kappa shape index (κ2) is 8.15. The SMILES string of the molecule is CCC(CCO)CNCc1ccc(C(N)=O)cc1Cl. The van der Waals surface area contributed by atoms with E-state index in [0.717, 1.165) is 24.9 Å². The minimum absolute atomic E-state index is 0.217. The van der Waals surface area contributed by atoms with Crippen molar-refractivity contribution in [2.75, 3.05) is 13.2 Å². The summed E-state index contributed by atoms with van der Waals surface area (Å²) in [5.41, 5.74) is 6.54. The van der Waals surface area contributed by atoms with Gasteiger partial charge >= 0.3 is 0 Å². The lowest BCUT2D eigenvalue weighted by Gasteiger charge is -2.15. The van der Waals surface area contributed by atoms with E-state index in [1.54, 1.807) is 12.1 Å². The maximum absolute atomic E-state index is 11.0. The third kappa shape index (κ3) is 5.19. The zero-order valence-electron chi connectivity index (χ0n) is 11.2. The summed E-state index contributed by atoms with van der Waals surface area (Å²) in [6.07, 6.45) is 1.83. The molecule has 1 aromatic carbocycles. The second-order valence-electron chi connectivity index (χ2n) is 4.59. The summed E-state index contributed by atoms with van der Waals surface area (Å²) in [4.78, 5) is 11.0. The van der Waals surface area contributed by atoms with Crippen LogP contribution < -0.4 is 11.1 Å². The number of carbonyl (C=O) groups excluding carboxylic acids is 1. The van der Waals surface area contributed by atoms with Crippen LogP contribution in [0, 0.1) is 5.92 Å². The summed E-state index contributed by atoms with van der Waals surface area (Å²) in [5, 5.41) is 12.8. The van der Waals surface area contributed by atoms with E-state index in [2.05, 4.69) is 12.2 Å². The summed E-state index contributed by atoms with van der Waals surface area (Å²) < 4.78 is 0. The van der Waals surface area contributed by atoms with Crippen LogP contribution in [0.15, 0.2) is 18.2 Å². The normalized spacial score (nSPS) is 12.4. The molecule has 1 atom stereocenters. The number of hydrogen-bond acceptors (Lipinski definition) is 3. The Bertz CT molecular complexity index is 424. The Morgan fingerprint density at radius 1 is 1.53 bits per heavy atom. The molecule has 0 heterocycles. The highest BCUT2D eigenvalue weighted by Crippen LogP contribution is 2.18. The highest BCUT2D eigenvalue weighted by atomic mass is 35.5. The number of aliphatic hydroxyl groups excluding tert-OH is 1. The van der Waals surface area contributed by atoms with Gasteiger partial charge in [-0.15, -0.1) is 0 Å². The molecule has 106 valence electrons. The van der Waals surface area contributed by atoms with Crippen LogP contribution in [0.25, 0.3) is 0 Å². The van der Waals surface area contributed by atoms with Crippen molar-refractivity contribution in [3.63, 3.8) is 0 Å². The van der Waals surface area contributed by atoms with Gasteiger partial charge in [0.25, 0.3) is 0 Å². The smallest absolute Gasteiger partial charge is 0.248 e. The van der Waals surface area contributed by atoms with E-state index in [9.17, 15) is 4.79 Å². The third-order valence-corrected chi connectivity index (χ3v) is 3.55. The Morgan fingerprint density at radius 3 is 2.79 bits per heavy atom. The molecule has 0 radical (unpaired) electrons. The standard InChI is InChI=1S/C14H21ClN2O2/c1-2-10(5-6-18)8-17-9-12-4-3-11(14(16)19)7-13(12)15/h3-4,7,10,17-18H,2,5-6,8-9H2,1H3,(H2,16,19). The molecule has 0 aliphatic carbocycles. The van der Waals surface area contributed by atoms with Gasteiger partial charge < -0.3 is 16.2 Å². The zero-order chi connectivity index (χ0) is 14.3. The Morgan fingerprint density at radius 2 is 2.26 bits per heavy atom. The van der Waals surface area contributed by atoms with Gasteiger partial charge in [0.1, 0.15) is 0 Å². The number of rotatable bonds is 8. The van der Waals surface area contributed by atoms with Crippen LogP contribution >= 0.6 is 11.6 Å². The first kappa shape index (κ1) is 16.0. The van der Waals surface area contributed by atoms with Crippen LogP contribution in [0.4, 0.5) is 0 Å². The lowest BCUT2D eigenvalue weighted by Crippen LogP contribution is -2.23. The lowest BCUT2D eigenvalue weighted by atomic mass is 10.0. The van der Waals surface area contributed by atoms with Crippen molar-refractivity contribution in [1.82, 2.24) is 5.32 Å². The molecule has 1 rings (SSSR count). The average molecular weight is 285 g/mol. The van der Waals surface area contributed by atoms with E-state index >= 15 is 0 Å². The molecule has 0 spiro atoms. The number of carbonyl (C=O) groups is 1. The second-order valence-corrected chi connectivity index (χ2v) is 5.00. The highest BCUT2D eigenvalue weighted by molar-refractivity contribution is 6.31. The number of hydrogen-bond donors (Lipinski definition) is 3. The molecule has 19 heavy (non-hydrogen) atoms. The van der Waals surface area contributed by atoms with Crippen LogP contribution in [-0.2, 0) is 6.54 Å². The van der Waals surface area contributed by atoms with Crippen molar-refractivity contribution in [1.29, 1.82) is 0 Å². The van der Waals surface area contributed by atoms with Crippen molar-refractivity contribution in [2.24, 2.45) is 11.7 Å². The molecule has 0 saturated heterocycles. The van der Waals surface area contributed by atoms with Crippen molar-refractivity contribution < 1.29 is 9.90 Å². The maximum atomic E-state index is 11.0. The Labute approximate surface area is 118 Å². The summed E-state index contributed by atoms with van der Waals surface area (Å²) >= 11 is 6.10. The van der Waals surface area contributed by atoms with Gasteiger partial charge in [-0.25, -0.2) is 0 Å². The molecule has 0 aliphatic heterocycles. The first-order valence-electron chi connectivity index (χ1n) is 6.48. The molecular weight excluding hydrogens is 264 g/mol. The number of nitrogens with one attached hydrogen (secondary N) is 1. The predicted octanol–water partition coefficient (Wildman–Crippen LogP) is 1.94. The van der Waals surface area contributed by atoms with Gasteiger partial charge in [0, 0.05) is 23.7 Å². The molecule has 1 amide bonds. The molecule has 0 fully saturated rings. The Balaban J connectivity index is 2.51. The fourth-order valence-corrected chi connectivity index (χ4v) is 2.14. The minimum atomic E-state index is -0.476. The first-order chi connectivity index (χ1) is 9.08. The molecular formula is C14H21ClN2O2. The molecule has 0 bridgehead atoms. The number of benzene rings is 1. The summed E-state index contributed by atoms with van der Waals surface area (Å²) in [6.45, 7) is 3.80. The van der Waals surface area contributed by atoms with Crippen molar-refractivity contribution >= 4 is 17.5 Å². The van der Waals surface area contributed by atoms with Crippen molar-refractivity contribution in [3.8, 4) is 0 Å². The number of halogens is 1. The molecule has 1 aromatic rings. The fourth-order valence-electron chi connectivity index (χ4n) is 1.89. The quantitative estimate of drug-likeness (QED) is 0.683. The molecule has 0 aromatic heterocycles. The molecule has 4 N–H and O–H groups in total. The van der Waals surface area contributed by atoms with Crippen LogP contribution in [0.1, 0.15) is 35.7 Å². The summed E-state index contributed by atoms with van der Waals surface area (Å²) in [6, 6.07) is 5.07. The first-order valence-corrected chi connectivity index (χ1v) is 6.86. The maximum Gasteiger partial charge on any atom is 0.248 e. The van der Waals surface area contributed by atoms with Gasteiger partial charge in [-0.1, -0.05) is 31.0 Å². The topological polar surface area (TPSA) is 75.3 Å². The third-order valence-electron chi connectivity index (χ3n) is 3.20. The van der Waals surface area contributed by atoms with Gasteiger partial charge in [0.2, 0.25) is 5.91 Å². The fraction of sp³-hybridized carbons (Fsp3) is 0.500. The Kier molecular flexibility index (Phi) is 6.84. The van der Waals surface area contributed by atoms with Crippen LogP contribution in [0.2, 0.25) is 5.02 Å². The van der Waals surface area contributed by atoms with Gasteiger partial charge in [0.15, 0.2) is 0 Å². The molecule has 5 heteroatoms. The molecule has 1 unspecified atom stereocenters. The van der Waals surface area contributed by atoms with E-state index in [0.29, 0.717) is 23.0 Å². The van der Waals surface area contributed by atoms with Crippen LogP contribution in [0.3, 0.4) is 0 Å². The van der Waals surface area contributed by atoms with Gasteiger partial charge in [-0.3, -0.25) is 4.79 Å². The Hall–Kier alpha value is -1.10. The number of nitrogens with two attached hydrogens (primary N) is 1. The molecule has 4 nitrogen and oxygen atoms in total. The van der Waals surface area contributed by atoms with Crippen LogP contribution in [0.5, 0.6) is 0 Å². The highest BCUT2D eigenvalue weighted by Gasteiger charge is 2.08. The van der Waals surface area contributed by atoms with Crippen molar-refractivity contribution in [3.05, 3.63) is 34.3 Å². The van der Waals surface area contributed by atoms with E-state index in [4.69, 9.17) is 22.4 Å². The van der Waals surface area contributed by atoms with E-state index < -0.39 is 5.91 Å². The largest absolute Gasteiger partial charge is 0.396 e. The van der Waals surface area contributed by atoms with E-state index in [-0.39, 0.29) is 6.61 Å². The van der Waals surface area contributed by atoms with Crippen LogP contribution in [-0.4, -0.2) is 24.2 Å². The van der Waals surface area contributed by atoms with Gasteiger partial charge in [-0.2, -0.15) is 0 Å². The number of aliphatic hydroxyl groups is 1. The van der Waals surface area contributed by atoms with Gasteiger partial charge in [-0.05, 0) is 36.6 Å². The molecule has 0 saturated carbocycles. The number of amides is 1. The van der Waals surface area contributed by atoms with Gasteiger partial charge in [0.05, 0.1) is 0 Å². The average Bonchev–Trinajstić information content (AvgIpc) is 2.39.